The third-order valence-electron chi connectivity index (χ3n) is 12.7. The van der Waals surface area contributed by atoms with Gasteiger partial charge >= 0.3 is 0 Å². The first kappa shape index (κ1) is 28.6. The van der Waals surface area contributed by atoms with Crippen molar-refractivity contribution < 1.29 is 9.84 Å². The van der Waals surface area contributed by atoms with E-state index in [2.05, 4.69) is 49.9 Å². The number of methoxy groups -OCH3 is 1. The molecular formula is C33H57N3O2. The average Bonchev–Trinajstić information content (AvgIpc) is 3.52. The van der Waals surface area contributed by atoms with Crippen LogP contribution in [-0.2, 0) is 11.2 Å². The Morgan fingerprint density at radius 1 is 1.11 bits per heavy atom. The molecule has 4 aliphatic carbocycles. The SMILES string of the molecule is CO[C@H]1CC[C@]2(C)[C@H]3CC[C@]4(C)[C@@H]([C@H](C)CCCC(C)C)CC[C@H]4[C@@H]3C[C@@H](NCCc3c[nH]cn3)[C@@]2(O)C1. The van der Waals surface area contributed by atoms with E-state index < -0.39 is 5.60 Å². The van der Waals surface area contributed by atoms with Gasteiger partial charge in [0.15, 0.2) is 0 Å². The zero-order valence-electron chi connectivity index (χ0n) is 25.3. The molecule has 0 aliphatic heterocycles. The van der Waals surface area contributed by atoms with Gasteiger partial charge in [-0.05, 0) is 85.9 Å². The van der Waals surface area contributed by atoms with Crippen LogP contribution >= 0.6 is 0 Å². The molecule has 5 rings (SSSR count). The molecule has 5 nitrogen and oxygen atoms in total. The van der Waals surface area contributed by atoms with E-state index >= 15 is 0 Å². The maximum Gasteiger partial charge on any atom is 0.0923 e. The van der Waals surface area contributed by atoms with Gasteiger partial charge in [0, 0.05) is 44.1 Å². The first-order chi connectivity index (χ1) is 18.1. The minimum absolute atomic E-state index is 0.0444. The molecule has 1 heterocycles. The molecule has 0 spiro atoms. The highest BCUT2D eigenvalue weighted by molar-refractivity contribution is 5.19. The lowest BCUT2D eigenvalue weighted by atomic mass is 9.42. The van der Waals surface area contributed by atoms with Crippen LogP contribution in [0.5, 0.6) is 0 Å². The Hall–Kier alpha value is -0.910. The predicted octanol–water partition coefficient (Wildman–Crippen LogP) is 6.77. The Balaban J connectivity index is 1.36. The van der Waals surface area contributed by atoms with E-state index in [4.69, 9.17) is 4.74 Å². The second-order valence-electron chi connectivity index (χ2n) is 14.9. The van der Waals surface area contributed by atoms with E-state index in [1.165, 1.54) is 44.9 Å². The zero-order valence-corrected chi connectivity index (χ0v) is 25.3. The molecule has 0 bridgehead atoms. The normalized spacial score (nSPS) is 43.5. The van der Waals surface area contributed by atoms with Crippen molar-refractivity contribution in [1.29, 1.82) is 0 Å². The van der Waals surface area contributed by atoms with Crippen molar-refractivity contribution in [2.24, 2.45) is 46.3 Å². The van der Waals surface area contributed by atoms with Crippen molar-refractivity contribution in [3.05, 3.63) is 18.2 Å². The summed E-state index contributed by atoms with van der Waals surface area (Å²) in [6, 6.07) is 0.121. The molecule has 1 aromatic heterocycles. The van der Waals surface area contributed by atoms with E-state index in [1.54, 1.807) is 6.33 Å². The molecular weight excluding hydrogens is 470 g/mol. The van der Waals surface area contributed by atoms with Gasteiger partial charge in [-0.3, -0.25) is 0 Å². The van der Waals surface area contributed by atoms with Gasteiger partial charge in [0.2, 0.25) is 0 Å². The number of nitrogens with one attached hydrogen (secondary N) is 2. The second-order valence-corrected chi connectivity index (χ2v) is 14.9. The van der Waals surface area contributed by atoms with E-state index in [0.29, 0.717) is 17.3 Å². The maximum absolute atomic E-state index is 12.6. The number of fused-ring (bicyclic) bond motifs is 5. The van der Waals surface area contributed by atoms with Gasteiger partial charge in [-0.25, -0.2) is 4.98 Å². The number of aliphatic hydroxyl groups is 1. The summed E-state index contributed by atoms with van der Waals surface area (Å²) in [5.74, 6) is 4.66. The van der Waals surface area contributed by atoms with Gasteiger partial charge in [0.1, 0.15) is 0 Å². The Morgan fingerprint density at radius 2 is 1.92 bits per heavy atom. The molecule has 4 saturated carbocycles. The molecule has 0 aromatic carbocycles. The molecule has 0 saturated heterocycles. The highest BCUT2D eigenvalue weighted by Gasteiger charge is 2.67. The number of aromatic amines is 1. The minimum Gasteiger partial charge on any atom is -0.388 e. The highest BCUT2D eigenvalue weighted by atomic mass is 16.5. The van der Waals surface area contributed by atoms with Crippen LogP contribution in [0.25, 0.3) is 0 Å². The average molecular weight is 528 g/mol. The number of hydrogen-bond acceptors (Lipinski definition) is 4. The molecule has 5 heteroatoms. The summed E-state index contributed by atoms with van der Waals surface area (Å²) >= 11 is 0. The third-order valence-corrected chi connectivity index (χ3v) is 12.7. The molecule has 10 atom stereocenters. The third kappa shape index (κ3) is 4.91. The number of imidazole rings is 1. The van der Waals surface area contributed by atoms with Crippen LogP contribution in [0, 0.1) is 46.3 Å². The maximum atomic E-state index is 12.6. The molecule has 1 aromatic rings. The summed E-state index contributed by atoms with van der Waals surface area (Å²) in [5, 5.41) is 16.5. The molecule has 3 N–H and O–H groups in total. The van der Waals surface area contributed by atoms with Gasteiger partial charge in [-0.1, -0.05) is 53.9 Å². The Labute approximate surface area is 232 Å². The number of rotatable bonds is 10. The largest absolute Gasteiger partial charge is 0.388 e. The summed E-state index contributed by atoms with van der Waals surface area (Å²) < 4.78 is 5.87. The van der Waals surface area contributed by atoms with Gasteiger partial charge < -0.3 is 20.1 Å². The molecule has 216 valence electrons. The van der Waals surface area contributed by atoms with Crippen LogP contribution in [0.3, 0.4) is 0 Å². The van der Waals surface area contributed by atoms with Crippen LogP contribution in [0.4, 0.5) is 0 Å². The van der Waals surface area contributed by atoms with Crippen LogP contribution in [-0.4, -0.2) is 46.5 Å². The summed E-state index contributed by atoms with van der Waals surface area (Å²) in [5.41, 5.74) is 0.800. The van der Waals surface area contributed by atoms with Gasteiger partial charge in [-0.2, -0.15) is 0 Å². The topological polar surface area (TPSA) is 70.2 Å². The van der Waals surface area contributed by atoms with Gasteiger partial charge in [0.05, 0.1) is 23.7 Å². The Kier molecular flexibility index (Phi) is 8.41. The summed E-state index contributed by atoms with van der Waals surface area (Å²) in [4.78, 5) is 7.52. The molecule has 4 aliphatic rings. The van der Waals surface area contributed by atoms with Crippen molar-refractivity contribution in [3.63, 3.8) is 0 Å². The van der Waals surface area contributed by atoms with Gasteiger partial charge in [0.25, 0.3) is 0 Å². The number of ether oxygens (including phenoxy) is 1. The van der Waals surface area contributed by atoms with E-state index in [9.17, 15) is 5.11 Å². The van der Waals surface area contributed by atoms with Crippen LogP contribution in [0.15, 0.2) is 12.5 Å². The van der Waals surface area contributed by atoms with Crippen LogP contribution < -0.4 is 5.32 Å². The molecule has 0 unspecified atom stereocenters. The van der Waals surface area contributed by atoms with E-state index in [0.717, 1.165) is 68.0 Å². The Bertz CT molecular complexity index is 904. The smallest absolute Gasteiger partial charge is 0.0923 e. The van der Waals surface area contributed by atoms with Crippen LogP contribution in [0.1, 0.15) is 111 Å². The predicted molar refractivity (Wildman–Crippen MR) is 155 cm³/mol. The fourth-order valence-corrected chi connectivity index (χ4v) is 10.6. The highest BCUT2D eigenvalue weighted by Crippen LogP contribution is 2.69. The fraction of sp³-hybridized carbons (Fsp3) is 0.909. The molecule has 38 heavy (non-hydrogen) atoms. The van der Waals surface area contributed by atoms with Crippen molar-refractivity contribution in [3.8, 4) is 0 Å². The molecule has 0 radical (unpaired) electrons. The number of hydrogen-bond donors (Lipinski definition) is 3. The number of nitrogens with zero attached hydrogens (tertiary/aromatic N) is 1. The monoisotopic (exact) mass is 527 g/mol. The number of aromatic nitrogens is 2. The van der Waals surface area contributed by atoms with E-state index in [-0.39, 0.29) is 17.6 Å². The standard InChI is InChI=1S/C33H57N3O2/c1-22(2)8-7-9-23(3)27-10-11-28-26-18-30(35-17-14-24-20-34-21-36-24)33(37)19-25(38-6)12-16-32(33,5)29(26)13-15-31(27,28)4/h20-23,25-30,35,37H,7-19H2,1-6H3,(H,34,36)/t23-,25+,26+,27-,28+,29+,30-,31-,32-,33+/m1/s1. The lowest BCUT2D eigenvalue weighted by Gasteiger charge is -2.66. The summed E-state index contributed by atoms with van der Waals surface area (Å²) in [7, 11) is 1.83. The Morgan fingerprint density at radius 3 is 2.63 bits per heavy atom. The molecule has 4 fully saturated rings. The van der Waals surface area contributed by atoms with Crippen molar-refractivity contribution in [2.45, 2.75) is 129 Å². The lowest BCUT2D eigenvalue weighted by Crippen LogP contribution is -2.71. The van der Waals surface area contributed by atoms with Crippen molar-refractivity contribution >= 4 is 0 Å². The van der Waals surface area contributed by atoms with Crippen LogP contribution in [0.2, 0.25) is 0 Å². The quantitative estimate of drug-likeness (QED) is 0.314. The lowest BCUT2D eigenvalue weighted by molar-refractivity contribution is -0.236. The van der Waals surface area contributed by atoms with E-state index in [1.807, 2.05) is 13.3 Å². The van der Waals surface area contributed by atoms with Crippen molar-refractivity contribution in [1.82, 2.24) is 15.3 Å². The second kappa shape index (κ2) is 11.2. The van der Waals surface area contributed by atoms with Crippen molar-refractivity contribution in [2.75, 3.05) is 13.7 Å². The first-order valence-corrected chi connectivity index (χ1v) is 16.1. The first-order valence-electron chi connectivity index (χ1n) is 16.1. The zero-order chi connectivity index (χ0) is 27.1. The summed E-state index contributed by atoms with van der Waals surface area (Å²) in [6.07, 6.45) is 18.5. The minimum atomic E-state index is -0.714. The fourth-order valence-electron chi connectivity index (χ4n) is 10.6. The summed E-state index contributed by atoms with van der Waals surface area (Å²) in [6.45, 7) is 13.3. The van der Waals surface area contributed by atoms with Gasteiger partial charge in [-0.15, -0.1) is 0 Å². The number of H-pyrrole nitrogens is 1. The molecule has 0 amide bonds.